The molecule has 2 saturated heterocycles. The van der Waals surface area contributed by atoms with Crippen LogP contribution in [0.2, 0.25) is 5.02 Å². The summed E-state index contributed by atoms with van der Waals surface area (Å²) in [6.07, 6.45) is -3.68. The Morgan fingerprint density at radius 2 is 1.89 bits per heavy atom. The third kappa shape index (κ3) is 5.80. The highest BCUT2D eigenvalue weighted by molar-refractivity contribution is 6.31. The molecule has 0 saturated carbocycles. The molecular formula is C26H33ClN2O6. The molecule has 8 nitrogen and oxygen atoms in total. The monoisotopic (exact) mass is 504 g/mol. The van der Waals surface area contributed by atoms with E-state index < -0.39 is 42.5 Å². The first-order valence-corrected chi connectivity index (χ1v) is 12.4. The molecule has 6 atom stereocenters. The Labute approximate surface area is 210 Å². The predicted octanol–water partition coefficient (Wildman–Crippen LogP) is 1.80. The number of amides is 1. The van der Waals surface area contributed by atoms with Gasteiger partial charge in [0.2, 0.25) is 5.91 Å². The van der Waals surface area contributed by atoms with Crippen LogP contribution in [-0.2, 0) is 16.0 Å². The highest BCUT2D eigenvalue weighted by Crippen LogP contribution is 2.35. The van der Waals surface area contributed by atoms with E-state index in [2.05, 4.69) is 0 Å². The average molecular weight is 505 g/mol. The molecular weight excluding hydrogens is 472 g/mol. The first-order valence-electron chi connectivity index (χ1n) is 12.0. The van der Waals surface area contributed by atoms with E-state index in [4.69, 9.17) is 26.8 Å². The normalized spacial score (nSPS) is 29.3. The number of likely N-dealkylation sites (tertiary alicyclic amines) is 1. The Bertz CT molecular complexity index is 1020. The molecule has 0 radical (unpaired) electrons. The first-order chi connectivity index (χ1) is 16.8. The van der Waals surface area contributed by atoms with Crippen LogP contribution < -0.4 is 10.5 Å². The molecule has 2 fully saturated rings. The van der Waals surface area contributed by atoms with Gasteiger partial charge in [-0.3, -0.25) is 9.69 Å². The number of halogens is 1. The summed E-state index contributed by atoms with van der Waals surface area (Å²) in [7, 11) is 0. The Hall–Kier alpha value is -2.20. The fourth-order valence-corrected chi connectivity index (χ4v) is 5.16. The summed E-state index contributed by atoms with van der Waals surface area (Å²) < 4.78 is 11.6. The molecule has 2 aromatic carbocycles. The number of nitrogens with zero attached hydrogens (tertiary/aromatic N) is 1. The number of nitrogens with two attached hydrogens (primary N) is 1. The van der Waals surface area contributed by atoms with E-state index in [1.165, 1.54) is 0 Å². The zero-order chi connectivity index (χ0) is 25.1. The van der Waals surface area contributed by atoms with Crippen molar-refractivity contribution in [1.82, 2.24) is 4.90 Å². The van der Waals surface area contributed by atoms with Crippen molar-refractivity contribution in [1.29, 1.82) is 0 Å². The summed E-state index contributed by atoms with van der Waals surface area (Å²) in [6, 6.07) is 12.7. The lowest BCUT2D eigenvalue weighted by atomic mass is 9.89. The fourth-order valence-electron chi connectivity index (χ4n) is 4.97. The van der Waals surface area contributed by atoms with Crippen LogP contribution in [0.3, 0.4) is 0 Å². The van der Waals surface area contributed by atoms with Gasteiger partial charge in [0.15, 0.2) is 0 Å². The average Bonchev–Trinajstić information content (AvgIpc) is 3.31. The van der Waals surface area contributed by atoms with Crippen LogP contribution >= 0.6 is 11.6 Å². The Morgan fingerprint density at radius 3 is 2.57 bits per heavy atom. The van der Waals surface area contributed by atoms with Crippen molar-refractivity contribution >= 4 is 17.5 Å². The van der Waals surface area contributed by atoms with Gasteiger partial charge in [-0.25, -0.2) is 0 Å². The maximum Gasteiger partial charge on any atom is 0.234 e. The van der Waals surface area contributed by atoms with Gasteiger partial charge in [-0.15, -0.1) is 0 Å². The topological polar surface area (TPSA) is 125 Å². The van der Waals surface area contributed by atoms with Crippen LogP contribution in [0.1, 0.15) is 42.6 Å². The zero-order valence-corrected chi connectivity index (χ0v) is 20.5. The second kappa shape index (κ2) is 11.2. The van der Waals surface area contributed by atoms with E-state index in [1.54, 1.807) is 12.1 Å². The van der Waals surface area contributed by atoms with E-state index in [-0.39, 0.29) is 6.54 Å². The Balaban J connectivity index is 1.53. The molecule has 2 heterocycles. The van der Waals surface area contributed by atoms with Gasteiger partial charge in [0, 0.05) is 11.6 Å². The third-order valence-corrected chi connectivity index (χ3v) is 7.21. The summed E-state index contributed by atoms with van der Waals surface area (Å²) in [5.41, 5.74) is 8.05. The molecule has 5 N–H and O–H groups in total. The summed E-state index contributed by atoms with van der Waals surface area (Å²) in [6.45, 7) is 3.40. The maximum atomic E-state index is 11.8. The molecule has 1 amide bonds. The van der Waals surface area contributed by atoms with E-state index in [1.807, 2.05) is 42.2 Å². The second-order valence-electron chi connectivity index (χ2n) is 9.23. The summed E-state index contributed by atoms with van der Waals surface area (Å²) in [5.74, 6) is 0.381. The standard InChI is InChI=1S/C26H33ClN2O6/c1-2-34-18-8-5-15(6-9-18)12-17-13-16(7-10-19(17)27)25-24(32)23(31)22(30)21(35-25)14-29-11-3-4-20(29)26(28)33/h5-10,13,20-25,30-32H,2-4,11-12,14H2,1H3,(H2,28,33)/t20-,21-,22-,23+,24-,25+/m1/s1. The minimum Gasteiger partial charge on any atom is -0.494 e. The van der Waals surface area contributed by atoms with Crippen LogP contribution in [0.25, 0.3) is 0 Å². The van der Waals surface area contributed by atoms with Crippen molar-refractivity contribution in [3.8, 4) is 5.75 Å². The molecule has 0 bridgehead atoms. The van der Waals surface area contributed by atoms with Gasteiger partial charge in [0.25, 0.3) is 0 Å². The summed E-state index contributed by atoms with van der Waals surface area (Å²) in [4.78, 5) is 13.6. The number of carbonyl (C=O) groups is 1. The quantitative estimate of drug-likeness (QED) is 0.432. The molecule has 4 rings (SSSR count). The number of aliphatic hydroxyl groups excluding tert-OH is 3. The highest BCUT2D eigenvalue weighted by Gasteiger charge is 2.46. The lowest BCUT2D eigenvalue weighted by Gasteiger charge is -2.42. The number of aliphatic hydroxyl groups is 3. The van der Waals surface area contributed by atoms with E-state index >= 15 is 0 Å². The van der Waals surface area contributed by atoms with Crippen molar-refractivity contribution in [3.05, 3.63) is 64.2 Å². The Morgan fingerprint density at radius 1 is 1.14 bits per heavy atom. The van der Waals surface area contributed by atoms with Crippen LogP contribution in [0, 0.1) is 0 Å². The molecule has 0 aromatic heterocycles. The molecule has 2 aliphatic heterocycles. The van der Waals surface area contributed by atoms with Gasteiger partial charge in [-0.05, 0) is 67.6 Å². The molecule has 35 heavy (non-hydrogen) atoms. The fraction of sp³-hybridized carbons (Fsp3) is 0.500. The molecule has 190 valence electrons. The van der Waals surface area contributed by atoms with Crippen molar-refractivity contribution in [2.24, 2.45) is 5.73 Å². The van der Waals surface area contributed by atoms with Crippen molar-refractivity contribution in [2.75, 3.05) is 19.7 Å². The number of carbonyl (C=O) groups excluding carboxylic acids is 1. The van der Waals surface area contributed by atoms with E-state index in [0.717, 1.165) is 23.3 Å². The third-order valence-electron chi connectivity index (χ3n) is 6.85. The van der Waals surface area contributed by atoms with Gasteiger partial charge in [0.1, 0.15) is 30.2 Å². The maximum absolute atomic E-state index is 11.8. The lowest BCUT2D eigenvalue weighted by molar-refractivity contribution is -0.228. The van der Waals surface area contributed by atoms with Gasteiger partial charge < -0.3 is 30.5 Å². The number of hydrogen-bond acceptors (Lipinski definition) is 7. The number of hydrogen-bond donors (Lipinski definition) is 4. The number of ether oxygens (including phenoxy) is 2. The largest absolute Gasteiger partial charge is 0.494 e. The summed E-state index contributed by atoms with van der Waals surface area (Å²) >= 11 is 6.47. The summed E-state index contributed by atoms with van der Waals surface area (Å²) in [5, 5.41) is 32.5. The van der Waals surface area contributed by atoms with Crippen LogP contribution in [0.4, 0.5) is 0 Å². The molecule has 9 heteroatoms. The van der Waals surface area contributed by atoms with Crippen molar-refractivity contribution in [3.63, 3.8) is 0 Å². The smallest absolute Gasteiger partial charge is 0.234 e. The Kier molecular flexibility index (Phi) is 8.31. The number of primary amides is 1. The minimum absolute atomic E-state index is 0.224. The number of rotatable bonds is 8. The van der Waals surface area contributed by atoms with Gasteiger partial charge >= 0.3 is 0 Å². The molecule has 0 unspecified atom stereocenters. The van der Waals surface area contributed by atoms with Gasteiger partial charge in [-0.2, -0.15) is 0 Å². The molecule has 0 aliphatic carbocycles. The van der Waals surface area contributed by atoms with Crippen molar-refractivity contribution in [2.45, 2.75) is 62.7 Å². The van der Waals surface area contributed by atoms with E-state index in [0.29, 0.717) is 36.6 Å². The molecule has 0 spiro atoms. The van der Waals surface area contributed by atoms with Crippen LogP contribution in [-0.4, -0.2) is 76.3 Å². The second-order valence-corrected chi connectivity index (χ2v) is 9.63. The van der Waals surface area contributed by atoms with Gasteiger partial charge in [-0.1, -0.05) is 35.9 Å². The highest BCUT2D eigenvalue weighted by atomic mass is 35.5. The van der Waals surface area contributed by atoms with Crippen molar-refractivity contribution < 1.29 is 29.6 Å². The van der Waals surface area contributed by atoms with Gasteiger partial charge in [0.05, 0.1) is 18.8 Å². The zero-order valence-electron chi connectivity index (χ0n) is 19.7. The number of benzene rings is 2. The predicted molar refractivity (Wildman–Crippen MR) is 131 cm³/mol. The molecule has 2 aromatic rings. The lowest BCUT2D eigenvalue weighted by Crippen LogP contribution is -2.58. The minimum atomic E-state index is -1.40. The SMILES string of the molecule is CCOc1ccc(Cc2cc([C@@H]3O[C@H](CN4CCC[C@@H]4C(N)=O)[C@@H](O)[C@H](O)[C@H]3O)ccc2Cl)cc1. The van der Waals surface area contributed by atoms with E-state index in [9.17, 15) is 20.1 Å². The van der Waals surface area contributed by atoms with Crippen LogP contribution in [0.15, 0.2) is 42.5 Å². The van der Waals surface area contributed by atoms with Crippen LogP contribution in [0.5, 0.6) is 5.75 Å². The first kappa shape index (κ1) is 25.9. The molecule has 2 aliphatic rings.